The van der Waals surface area contributed by atoms with Crippen LogP contribution in [-0.2, 0) is 4.79 Å². The molecule has 0 bridgehead atoms. The minimum Gasteiger partial charge on any atom is -0.478 e. The van der Waals surface area contributed by atoms with Crippen LogP contribution in [0.5, 0.6) is 0 Å². The summed E-state index contributed by atoms with van der Waals surface area (Å²) in [6.45, 7) is 4.48. The number of carboxylic acids is 1. The molecule has 1 N–H and O–H groups in total. The van der Waals surface area contributed by atoms with Crippen LogP contribution in [0.3, 0.4) is 0 Å². The lowest BCUT2D eigenvalue weighted by atomic mass is 10.1. The van der Waals surface area contributed by atoms with Gasteiger partial charge in [0.1, 0.15) is 0 Å². The van der Waals surface area contributed by atoms with Crippen molar-refractivity contribution < 1.29 is 9.90 Å². The second-order valence-corrected chi connectivity index (χ2v) is 4.70. The normalized spacial score (nSPS) is 19.7. The van der Waals surface area contributed by atoms with Gasteiger partial charge in [0.2, 0.25) is 0 Å². The molecule has 1 fully saturated rings. The predicted octanol–water partition coefficient (Wildman–Crippen LogP) is 2.89. The molecule has 4 heteroatoms. The lowest BCUT2D eigenvalue weighted by molar-refractivity contribution is -0.132. The minimum atomic E-state index is -0.845. The summed E-state index contributed by atoms with van der Waals surface area (Å²) in [4.78, 5) is 16.4. The fourth-order valence-corrected chi connectivity index (χ4v) is 2.03. The van der Waals surface area contributed by atoms with Gasteiger partial charge in [0.25, 0.3) is 0 Å². The molecule has 1 aromatic heterocycles. The van der Waals surface area contributed by atoms with Crippen LogP contribution in [0.2, 0.25) is 0 Å². The summed E-state index contributed by atoms with van der Waals surface area (Å²) in [6, 6.07) is 4.79. The van der Waals surface area contributed by atoms with Crippen LogP contribution in [0.15, 0.2) is 36.2 Å². The maximum absolute atomic E-state index is 9.86. The molecule has 0 amide bonds. The number of likely N-dealkylation sites (tertiary alicyclic amines) is 1. The Morgan fingerprint density at radius 3 is 2.68 bits per heavy atom. The molecule has 1 aliphatic heterocycles. The molecule has 0 spiro atoms. The zero-order chi connectivity index (χ0) is 14.3. The van der Waals surface area contributed by atoms with Crippen LogP contribution in [0, 0.1) is 0 Å². The van der Waals surface area contributed by atoms with E-state index in [1.54, 1.807) is 19.9 Å². The van der Waals surface area contributed by atoms with Crippen molar-refractivity contribution in [2.75, 3.05) is 13.6 Å². The number of carboxylic acid groups (broad SMARTS) is 1. The maximum atomic E-state index is 9.86. The lowest BCUT2D eigenvalue weighted by Gasteiger charge is -2.18. The molecule has 0 aromatic carbocycles. The van der Waals surface area contributed by atoms with Crippen LogP contribution < -0.4 is 0 Å². The molecule has 0 radical (unpaired) electrons. The lowest BCUT2D eigenvalue weighted by Crippen LogP contribution is -2.17. The number of allylic oxidation sites excluding steroid dienone is 1. The quantitative estimate of drug-likeness (QED) is 0.833. The Balaban J connectivity index is 0.000000224. The van der Waals surface area contributed by atoms with Crippen molar-refractivity contribution in [1.82, 2.24) is 9.88 Å². The van der Waals surface area contributed by atoms with E-state index in [9.17, 15) is 4.79 Å². The van der Waals surface area contributed by atoms with Gasteiger partial charge in [-0.25, -0.2) is 4.79 Å². The first-order valence-electron chi connectivity index (χ1n) is 6.52. The summed E-state index contributed by atoms with van der Waals surface area (Å²) in [7, 11) is 2.19. The van der Waals surface area contributed by atoms with E-state index in [0.717, 1.165) is 0 Å². The molecule has 2 rings (SSSR count). The van der Waals surface area contributed by atoms with Gasteiger partial charge in [-0.1, -0.05) is 12.1 Å². The Labute approximate surface area is 114 Å². The second kappa shape index (κ2) is 7.69. The summed E-state index contributed by atoms with van der Waals surface area (Å²) in [5, 5.41) is 8.11. The van der Waals surface area contributed by atoms with Crippen LogP contribution in [0.1, 0.15) is 38.3 Å². The number of hydrogen-bond acceptors (Lipinski definition) is 3. The monoisotopic (exact) mass is 262 g/mol. The van der Waals surface area contributed by atoms with Crippen molar-refractivity contribution >= 4 is 5.97 Å². The number of aliphatic carboxylic acids is 1. The number of rotatable bonds is 2. The van der Waals surface area contributed by atoms with Crippen molar-refractivity contribution in [2.24, 2.45) is 0 Å². The second-order valence-electron chi connectivity index (χ2n) is 4.70. The predicted molar refractivity (Wildman–Crippen MR) is 75.9 cm³/mol. The highest BCUT2D eigenvalue weighted by atomic mass is 16.4. The third-order valence-corrected chi connectivity index (χ3v) is 3.36. The Bertz CT molecular complexity index is 429. The van der Waals surface area contributed by atoms with E-state index in [-0.39, 0.29) is 0 Å². The van der Waals surface area contributed by atoms with Gasteiger partial charge in [-0.05, 0) is 51.9 Å². The van der Waals surface area contributed by atoms with Gasteiger partial charge in [0, 0.05) is 24.0 Å². The molecule has 104 valence electrons. The molecule has 1 aromatic rings. The summed E-state index contributed by atoms with van der Waals surface area (Å²) in [5.41, 5.74) is 1.75. The Kier molecular flexibility index (Phi) is 6.22. The van der Waals surface area contributed by atoms with Crippen molar-refractivity contribution in [3.8, 4) is 0 Å². The van der Waals surface area contributed by atoms with Crippen LogP contribution in [-0.4, -0.2) is 34.6 Å². The van der Waals surface area contributed by atoms with Crippen molar-refractivity contribution in [3.05, 3.63) is 41.7 Å². The van der Waals surface area contributed by atoms with Crippen LogP contribution in [0.4, 0.5) is 0 Å². The average Bonchev–Trinajstić information content (AvgIpc) is 2.85. The number of carbonyl (C=O) groups is 1. The molecule has 1 unspecified atom stereocenters. The molecule has 1 atom stereocenters. The van der Waals surface area contributed by atoms with Gasteiger partial charge < -0.3 is 5.11 Å². The Morgan fingerprint density at radius 2 is 2.32 bits per heavy atom. The number of aromatic nitrogens is 1. The number of nitrogens with zero attached hydrogens (tertiary/aromatic N) is 2. The average molecular weight is 262 g/mol. The first-order valence-corrected chi connectivity index (χ1v) is 6.52. The molecule has 0 saturated carbocycles. The van der Waals surface area contributed by atoms with E-state index >= 15 is 0 Å². The molecule has 1 aliphatic rings. The molecule has 1 saturated heterocycles. The maximum Gasteiger partial charge on any atom is 0.330 e. The van der Waals surface area contributed by atoms with Gasteiger partial charge in [-0.3, -0.25) is 9.88 Å². The fourth-order valence-electron chi connectivity index (χ4n) is 2.03. The van der Waals surface area contributed by atoms with Gasteiger partial charge in [0.05, 0.1) is 0 Å². The van der Waals surface area contributed by atoms with E-state index in [1.165, 1.54) is 24.9 Å². The van der Waals surface area contributed by atoms with E-state index in [0.29, 0.717) is 11.6 Å². The van der Waals surface area contributed by atoms with Crippen molar-refractivity contribution in [2.45, 2.75) is 32.7 Å². The topological polar surface area (TPSA) is 53.4 Å². The van der Waals surface area contributed by atoms with Gasteiger partial charge in [0.15, 0.2) is 0 Å². The van der Waals surface area contributed by atoms with Gasteiger partial charge in [-0.2, -0.15) is 0 Å². The Hall–Kier alpha value is -1.68. The molecule has 2 heterocycles. The molecule has 0 aliphatic carbocycles. The smallest absolute Gasteiger partial charge is 0.330 e. The molecular formula is C15H22N2O2. The molecular weight excluding hydrogens is 240 g/mol. The third kappa shape index (κ3) is 4.83. The number of hydrogen-bond donors (Lipinski definition) is 1. The zero-order valence-electron chi connectivity index (χ0n) is 11.8. The first-order chi connectivity index (χ1) is 9.06. The highest BCUT2D eigenvalue weighted by Crippen LogP contribution is 2.29. The first kappa shape index (κ1) is 15.4. The van der Waals surface area contributed by atoms with E-state index < -0.39 is 5.97 Å². The fraction of sp³-hybridized carbons (Fsp3) is 0.467. The standard InChI is InChI=1S/C10H14N2.C5H8O2/c1-12-7-3-5-10(12)9-4-2-6-11-8-9;1-3-4(2)5(6)7/h2,4,6,8,10H,3,5,7H2,1H3;3H,1-2H3,(H,6,7)/b;4-3-. The summed E-state index contributed by atoms with van der Waals surface area (Å²) in [5.74, 6) is -0.845. The zero-order valence-corrected chi connectivity index (χ0v) is 11.8. The highest BCUT2D eigenvalue weighted by molar-refractivity contribution is 5.85. The SMILES string of the molecule is C/C=C(/C)C(=O)O.CN1CCCC1c1cccnc1. The highest BCUT2D eigenvalue weighted by Gasteiger charge is 2.21. The van der Waals surface area contributed by atoms with Crippen LogP contribution in [0.25, 0.3) is 0 Å². The van der Waals surface area contributed by atoms with Crippen molar-refractivity contribution in [3.63, 3.8) is 0 Å². The summed E-state index contributed by atoms with van der Waals surface area (Å²) < 4.78 is 0. The summed E-state index contributed by atoms with van der Waals surface area (Å²) in [6.07, 6.45) is 7.96. The van der Waals surface area contributed by atoms with Crippen molar-refractivity contribution in [1.29, 1.82) is 0 Å². The molecule has 4 nitrogen and oxygen atoms in total. The Morgan fingerprint density at radius 1 is 1.58 bits per heavy atom. The van der Waals surface area contributed by atoms with Gasteiger partial charge in [-0.15, -0.1) is 0 Å². The molecule has 19 heavy (non-hydrogen) atoms. The van der Waals surface area contributed by atoms with Gasteiger partial charge >= 0.3 is 5.97 Å². The van der Waals surface area contributed by atoms with E-state index in [2.05, 4.69) is 23.0 Å². The third-order valence-electron chi connectivity index (χ3n) is 3.36. The summed E-state index contributed by atoms with van der Waals surface area (Å²) >= 11 is 0. The largest absolute Gasteiger partial charge is 0.478 e. The number of pyridine rings is 1. The minimum absolute atomic E-state index is 0.389. The van der Waals surface area contributed by atoms with E-state index in [4.69, 9.17) is 5.11 Å². The van der Waals surface area contributed by atoms with E-state index in [1.807, 2.05) is 18.5 Å². The van der Waals surface area contributed by atoms with Crippen LogP contribution >= 0.6 is 0 Å².